The van der Waals surface area contributed by atoms with Crippen molar-refractivity contribution < 1.29 is 8.83 Å². The maximum atomic E-state index is 6.43. The van der Waals surface area contributed by atoms with Crippen molar-refractivity contribution in [3.8, 4) is 0 Å². The molecule has 2 N–H and O–H groups in total. The maximum absolute atomic E-state index is 6.43. The van der Waals surface area contributed by atoms with Crippen molar-refractivity contribution in [1.29, 1.82) is 0 Å². The Bertz CT molecular complexity index is 697. The van der Waals surface area contributed by atoms with Gasteiger partial charge in [-0.15, -0.1) is 0 Å². The fraction of sp³-hybridized carbons (Fsp3) is 0.333. The molecule has 0 fully saturated rings. The SMILES string of the molecule is Cc1cc2c(CCCN)c3oc(C)cc3c(Cl)c2o1. The Morgan fingerprint density at radius 1 is 1.05 bits per heavy atom. The Balaban J connectivity index is 2.40. The van der Waals surface area contributed by atoms with Gasteiger partial charge < -0.3 is 14.6 Å². The summed E-state index contributed by atoms with van der Waals surface area (Å²) in [5.74, 6) is 1.71. The van der Waals surface area contributed by atoms with E-state index in [0.717, 1.165) is 51.9 Å². The van der Waals surface area contributed by atoms with Crippen LogP contribution in [0.5, 0.6) is 0 Å². The lowest BCUT2D eigenvalue weighted by atomic mass is 10.0. The fourth-order valence-electron chi connectivity index (χ4n) is 2.57. The third-order valence-corrected chi connectivity index (χ3v) is 3.75. The van der Waals surface area contributed by atoms with Crippen LogP contribution in [0.2, 0.25) is 5.02 Å². The van der Waals surface area contributed by atoms with Gasteiger partial charge in [-0.05, 0) is 45.4 Å². The Morgan fingerprint density at radius 3 is 2.37 bits per heavy atom. The first kappa shape index (κ1) is 12.6. The maximum Gasteiger partial charge on any atom is 0.154 e. The molecular formula is C15H16ClNO2. The van der Waals surface area contributed by atoms with Crippen LogP contribution < -0.4 is 5.73 Å². The second kappa shape index (κ2) is 4.58. The molecule has 0 radical (unpaired) electrons. The molecule has 0 spiro atoms. The van der Waals surface area contributed by atoms with Crippen LogP contribution in [0.15, 0.2) is 21.0 Å². The van der Waals surface area contributed by atoms with Crippen molar-refractivity contribution in [3.05, 3.63) is 34.2 Å². The van der Waals surface area contributed by atoms with Gasteiger partial charge in [-0.1, -0.05) is 11.6 Å². The van der Waals surface area contributed by atoms with E-state index in [9.17, 15) is 0 Å². The first-order valence-electron chi connectivity index (χ1n) is 6.42. The topological polar surface area (TPSA) is 52.3 Å². The van der Waals surface area contributed by atoms with Gasteiger partial charge in [0.1, 0.15) is 17.1 Å². The lowest BCUT2D eigenvalue weighted by molar-refractivity contribution is 0.572. The fourth-order valence-corrected chi connectivity index (χ4v) is 2.86. The molecule has 0 aliphatic carbocycles. The van der Waals surface area contributed by atoms with E-state index >= 15 is 0 Å². The summed E-state index contributed by atoms with van der Waals surface area (Å²) >= 11 is 6.43. The number of furan rings is 2. The van der Waals surface area contributed by atoms with Crippen LogP contribution in [-0.2, 0) is 6.42 Å². The number of fused-ring (bicyclic) bond motifs is 2. The molecule has 0 saturated heterocycles. The standard InChI is InChI=1S/C15H16ClNO2/c1-8-6-11-10(4-3-5-17)14-12(7-9(2)18-14)13(16)15(11)19-8/h6-7H,3-5,17H2,1-2H3. The molecule has 3 nitrogen and oxygen atoms in total. The second-order valence-corrected chi connectivity index (χ2v) is 5.26. The molecule has 2 aromatic heterocycles. The van der Waals surface area contributed by atoms with Crippen LogP contribution >= 0.6 is 11.6 Å². The number of halogens is 1. The van der Waals surface area contributed by atoms with Gasteiger partial charge in [0.2, 0.25) is 0 Å². The quantitative estimate of drug-likeness (QED) is 0.775. The van der Waals surface area contributed by atoms with E-state index < -0.39 is 0 Å². The lowest BCUT2D eigenvalue weighted by Gasteiger charge is -2.05. The summed E-state index contributed by atoms with van der Waals surface area (Å²) in [5.41, 5.74) is 8.38. The molecule has 0 saturated carbocycles. The minimum atomic E-state index is 0.631. The molecule has 2 heterocycles. The van der Waals surface area contributed by atoms with E-state index in [1.54, 1.807) is 0 Å². The smallest absolute Gasteiger partial charge is 0.154 e. The van der Waals surface area contributed by atoms with Gasteiger partial charge in [0, 0.05) is 16.3 Å². The van der Waals surface area contributed by atoms with Crippen LogP contribution in [0, 0.1) is 13.8 Å². The molecule has 3 aromatic rings. The van der Waals surface area contributed by atoms with E-state index in [1.165, 1.54) is 0 Å². The van der Waals surface area contributed by atoms with Gasteiger partial charge in [-0.3, -0.25) is 0 Å². The molecule has 100 valence electrons. The van der Waals surface area contributed by atoms with Crippen LogP contribution in [0.25, 0.3) is 21.9 Å². The molecule has 0 atom stereocenters. The van der Waals surface area contributed by atoms with E-state index in [4.69, 9.17) is 26.2 Å². The number of nitrogens with two attached hydrogens (primary N) is 1. The first-order valence-corrected chi connectivity index (χ1v) is 6.80. The third kappa shape index (κ3) is 1.94. The monoisotopic (exact) mass is 277 g/mol. The van der Waals surface area contributed by atoms with Gasteiger partial charge in [0.15, 0.2) is 5.58 Å². The zero-order chi connectivity index (χ0) is 13.6. The normalized spacial score (nSPS) is 11.8. The van der Waals surface area contributed by atoms with Crippen molar-refractivity contribution in [2.45, 2.75) is 26.7 Å². The Morgan fingerprint density at radius 2 is 1.68 bits per heavy atom. The highest BCUT2D eigenvalue weighted by Gasteiger charge is 2.19. The van der Waals surface area contributed by atoms with Crippen LogP contribution in [-0.4, -0.2) is 6.54 Å². The zero-order valence-electron chi connectivity index (χ0n) is 11.0. The van der Waals surface area contributed by atoms with Crippen molar-refractivity contribution in [2.75, 3.05) is 6.54 Å². The number of aryl methyl sites for hydroxylation is 3. The van der Waals surface area contributed by atoms with Gasteiger partial charge in [-0.25, -0.2) is 0 Å². The summed E-state index contributed by atoms with van der Waals surface area (Å²) in [5, 5.41) is 2.59. The molecule has 0 unspecified atom stereocenters. The van der Waals surface area contributed by atoms with Crippen molar-refractivity contribution in [3.63, 3.8) is 0 Å². The Kier molecular flexibility index (Phi) is 3.03. The predicted octanol–water partition coefficient (Wildman–Crippen LogP) is 4.34. The first-order chi connectivity index (χ1) is 9.11. The van der Waals surface area contributed by atoms with Gasteiger partial charge >= 0.3 is 0 Å². The van der Waals surface area contributed by atoms with Crippen LogP contribution in [0.1, 0.15) is 23.5 Å². The van der Waals surface area contributed by atoms with Crippen LogP contribution in [0.4, 0.5) is 0 Å². The molecule has 0 amide bonds. The Labute approximate surface area is 116 Å². The number of benzene rings is 1. The van der Waals surface area contributed by atoms with Gasteiger partial charge in [-0.2, -0.15) is 0 Å². The minimum Gasteiger partial charge on any atom is -0.461 e. The summed E-state index contributed by atoms with van der Waals surface area (Å²) in [4.78, 5) is 0. The number of rotatable bonds is 3. The van der Waals surface area contributed by atoms with E-state index in [2.05, 4.69) is 0 Å². The summed E-state index contributed by atoms with van der Waals surface area (Å²) in [7, 11) is 0. The summed E-state index contributed by atoms with van der Waals surface area (Å²) in [6, 6.07) is 3.98. The zero-order valence-corrected chi connectivity index (χ0v) is 11.8. The molecule has 19 heavy (non-hydrogen) atoms. The molecule has 0 bridgehead atoms. The van der Waals surface area contributed by atoms with Gasteiger partial charge in [0.25, 0.3) is 0 Å². The molecule has 1 aromatic carbocycles. The Hall–Kier alpha value is -1.45. The van der Waals surface area contributed by atoms with Crippen molar-refractivity contribution in [2.24, 2.45) is 5.73 Å². The minimum absolute atomic E-state index is 0.631. The highest BCUT2D eigenvalue weighted by atomic mass is 35.5. The van der Waals surface area contributed by atoms with Crippen LogP contribution in [0.3, 0.4) is 0 Å². The highest BCUT2D eigenvalue weighted by molar-refractivity contribution is 6.40. The summed E-state index contributed by atoms with van der Waals surface area (Å²) in [6.07, 6.45) is 1.78. The highest BCUT2D eigenvalue weighted by Crippen LogP contribution is 2.39. The molecule has 0 aliphatic heterocycles. The average molecular weight is 278 g/mol. The van der Waals surface area contributed by atoms with Crippen molar-refractivity contribution >= 4 is 33.5 Å². The van der Waals surface area contributed by atoms with E-state index in [1.807, 2.05) is 26.0 Å². The molecule has 4 heteroatoms. The third-order valence-electron chi connectivity index (χ3n) is 3.38. The molecule has 3 rings (SSSR count). The van der Waals surface area contributed by atoms with Crippen molar-refractivity contribution in [1.82, 2.24) is 0 Å². The molecule has 0 aliphatic rings. The second-order valence-electron chi connectivity index (χ2n) is 4.88. The molecular weight excluding hydrogens is 262 g/mol. The predicted molar refractivity (Wildman–Crippen MR) is 77.8 cm³/mol. The average Bonchev–Trinajstić information content (AvgIpc) is 2.93. The summed E-state index contributed by atoms with van der Waals surface area (Å²) < 4.78 is 11.6. The number of hydrogen-bond donors (Lipinski definition) is 1. The van der Waals surface area contributed by atoms with E-state index in [-0.39, 0.29) is 0 Å². The summed E-state index contributed by atoms with van der Waals surface area (Å²) in [6.45, 7) is 4.51. The van der Waals surface area contributed by atoms with Gasteiger partial charge in [0.05, 0.1) is 5.02 Å². The largest absolute Gasteiger partial charge is 0.461 e. The lowest BCUT2D eigenvalue weighted by Crippen LogP contribution is -2.00. The number of hydrogen-bond acceptors (Lipinski definition) is 3. The van der Waals surface area contributed by atoms with E-state index in [0.29, 0.717) is 11.6 Å².